The number of nitrogens with zero attached hydrogens (tertiary/aromatic N) is 5. The zero-order chi connectivity index (χ0) is 41.8. The normalized spacial score (nSPS) is 11.9. The van der Waals surface area contributed by atoms with Crippen LogP contribution in [-0.2, 0) is 0 Å². The molecule has 8 aromatic carbocycles. The van der Waals surface area contributed by atoms with E-state index in [0.29, 0.717) is 22.9 Å². The molecule has 4 heterocycles. The van der Waals surface area contributed by atoms with Gasteiger partial charge in [-0.2, -0.15) is 9.97 Å². The smallest absolute Gasteiger partial charge is 0.238 e. The highest BCUT2D eigenvalue weighted by molar-refractivity contribution is 6.68. The molecule has 0 aliphatic rings. The average molecular weight is 779 g/mol. The van der Waals surface area contributed by atoms with E-state index in [9.17, 15) is 0 Å². The largest absolute Gasteiger partial charge is 0.456 e. The van der Waals surface area contributed by atoms with Gasteiger partial charge in [0.2, 0.25) is 5.95 Å². The number of aromatic nitrogens is 5. The van der Waals surface area contributed by atoms with Crippen LogP contribution in [0.25, 0.3) is 111 Å². The molecule has 10 radical (unpaired) electrons. The van der Waals surface area contributed by atoms with Crippen LogP contribution in [-0.4, -0.2) is 63.3 Å². The first-order chi connectivity index (χ1) is 30.3. The lowest BCUT2D eigenvalue weighted by atomic mass is 9.60. The molecule has 12 rings (SSSR count). The molecule has 6 nitrogen and oxygen atoms in total. The SMILES string of the molecule is [B]c1c([B])c([B])c(-c2nc(-c3ccc4c(c3)oc3cc(-n5c6ccccc6c6ccc(-c7ccccc7)cc65)ccc34)nc(-n3c4ccccc4c4ccccc43)n2)c([B])c1[B]. The van der Waals surface area contributed by atoms with E-state index in [4.69, 9.17) is 58.6 Å². The van der Waals surface area contributed by atoms with Crippen molar-refractivity contribution in [3.8, 4) is 45.5 Å². The lowest BCUT2D eigenvalue weighted by Gasteiger charge is -2.20. The van der Waals surface area contributed by atoms with Crippen molar-refractivity contribution in [2.45, 2.75) is 0 Å². The summed E-state index contributed by atoms with van der Waals surface area (Å²) in [6, 6.07) is 54.3. The Morgan fingerprint density at radius 1 is 0.355 bits per heavy atom. The summed E-state index contributed by atoms with van der Waals surface area (Å²) < 4.78 is 11.0. The molecule has 12 aromatic rings. The number of hydrogen-bond donors (Lipinski definition) is 0. The van der Waals surface area contributed by atoms with Crippen LogP contribution in [0.3, 0.4) is 0 Å². The zero-order valence-corrected chi connectivity index (χ0v) is 33.0. The Labute approximate surface area is 362 Å². The van der Waals surface area contributed by atoms with Gasteiger partial charge in [-0.05, 0) is 59.7 Å². The van der Waals surface area contributed by atoms with Crippen molar-refractivity contribution in [1.82, 2.24) is 24.1 Å². The number of rotatable bonds is 5. The standard InChI is InChI=1S/C51H26B5N5O/c52-44-43(45(53)47(55)48(56)46(44)54)50-57-49(58-51(59-50)61-38-16-8-5-12-31(38)32-13-6-9-17-39(32)61)29-19-22-35-36-23-20-30(26-42(36)62-41(35)25-29)60-37-15-7-4-14-33(37)34-21-18-28(24-40(34)60)27-10-2-1-3-11-27/h1-26H. The van der Waals surface area contributed by atoms with Gasteiger partial charge in [-0.25, -0.2) is 4.98 Å². The Bertz CT molecular complexity index is 3750. The predicted octanol–water partition coefficient (Wildman–Crippen LogP) is 6.94. The lowest BCUT2D eigenvalue weighted by molar-refractivity contribution is 0.668. The van der Waals surface area contributed by atoms with Crippen LogP contribution in [0.1, 0.15) is 0 Å². The maximum Gasteiger partial charge on any atom is 0.238 e. The van der Waals surface area contributed by atoms with Crippen molar-refractivity contribution < 1.29 is 4.42 Å². The van der Waals surface area contributed by atoms with Crippen LogP contribution in [0.4, 0.5) is 0 Å². The molecule has 0 N–H and O–H groups in total. The van der Waals surface area contributed by atoms with E-state index in [1.807, 2.05) is 65.2 Å². The molecule has 0 bridgehead atoms. The molecule has 0 saturated carbocycles. The first kappa shape index (κ1) is 36.4. The Morgan fingerprint density at radius 2 is 0.855 bits per heavy atom. The number of furan rings is 1. The molecule has 0 spiro atoms. The molecular formula is C51H26B5N5O. The second-order valence-electron chi connectivity index (χ2n) is 15.5. The number of fused-ring (bicyclic) bond motifs is 9. The third-order valence-electron chi connectivity index (χ3n) is 12.1. The zero-order valence-electron chi connectivity index (χ0n) is 33.0. The topological polar surface area (TPSA) is 61.7 Å². The van der Waals surface area contributed by atoms with Gasteiger partial charge in [0.1, 0.15) is 50.4 Å². The maximum absolute atomic E-state index is 6.71. The Hall–Kier alpha value is -7.51. The van der Waals surface area contributed by atoms with E-state index in [0.717, 1.165) is 66.0 Å². The van der Waals surface area contributed by atoms with Crippen molar-refractivity contribution in [2.75, 3.05) is 0 Å². The highest BCUT2D eigenvalue weighted by Crippen LogP contribution is 2.38. The van der Waals surface area contributed by atoms with Crippen molar-refractivity contribution in [3.05, 3.63) is 158 Å². The first-order valence-electron chi connectivity index (χ1n) is 20.1. The first-order valence-corrected chi connectivity index (χ1v) is 20.1. The van der Waals surface area contributed by atoms with E-state index in [1.165, 1.54) is 10.8 Å². The number of para-hydroxylation sites is 3. The molecular weight excluding hydrogens is 753 g/mol. The van der Waals surface area contributed by atoms with Gasteiger partial charge in [0.25, 0.3) is 0 Å². The summed E-state index contributed by atoms with van der Waals surface area (Å²) in [5.41, 5.74) is 10.3. The molecule has 4 aromatic heterocycles. The minimum absolute atomic E-state index is 0.104. The third kappa shape index (κ3) is 5.40. The molecule has 0 fully saturated rings. The van der Waals surface area contributed by atoms with E-state index in [2.05, 4.69) is 102 Å². The van der Waals surface area contributed by atoms with E-state index in [-0.39, 0.29) is 38.7 Å². The van der Waals surface area contributed by atoms with E-state index < -0.39 is 0 Å². The van der Waals surface area contributed by atoms with Crippen LogP contribution in [0, 0.1) is 0 Å². The minimum atomic E-state index is 0.104. The summed E-state index contributed by atoms with van der Waals surface area (Å²) in [7, 11) is 32.2. The van der Waals surface area contributed by atoms with Gasteiger partial charge in [0, 0.05) is 55.2 Å². The van der Waals surface area contributed by atoms with Crippen LogP contribution in [0.2, 0.25) is 0 Å². The molecule has 0 aliphatic carbocycles. The number of benzene rings is 8. The summed E-state index contributed by atoms with van der Waals surface area (Å²) in [4.78, 5) is 15.1. The number of hydrogen-bond acceptors (Lipinski definition) is 4. The summed E-state index contributed by atoms with van der Waals surface area (Å²) >= 11 is 0. The van der Waals surface area contributed by atoms with Crippen LogP contribution >= 0.6 is 0 Å². The molecule has 11 heteroatoms. The fourth-order valence-electron chi connectivity index (χ4n) is 9.04. The minimum Gasteiger partial charge on any atom is -0.456 e. The molecule has 0 aliphatic heterocycles. The molecule has 62 heavy (non-hydrogen) atoms. The molecule has 0 saturated heterocycles. The molecule has 0 atom stereocenters. The van der Waals surface area contributed by atoms with Crippen LogP contribution in [0.15, 0.2) is 162 Å². The van der Waals surface area contributed by atoms with Gasteiger partial charge in [-0.1, -0.05) is 114 Å². The Morgan fingerprint density at radius 3 is 1.52 bits per heavy atom. The highest BCUT2D eigenvalue weighted by Gasteiger charge is 2.22. The fourth-order valence-corrected chi connectivity index (χ4v) is 9.04. The van der Waals surface area contributed by atoms with E-state index in [1.54, 1.807) is 0 Å². The van der Waals surface area contributed by atoms with Crippen molar-refractivity contribution in [1.29, 1.82) is 0 Å². The van der Waals surface area contributed by atoms with Gasteiger partial charge in [0.15, 0.2) is 11.6 Å². The summed E-state index contributed by atoms with van der Waals surface area (Å²) in [6.07, 6.45) is 0. The molecule has 276 valence electrons. The maximum atomic E-state index is 6.71. The Balaban J connectivity index is 1.05. The van der Waals surface area contributed by atoms with Crippen LogP contribution in [0.5, 0.6) is 0 Å². The summed E-state index contributed by atoms with van der Waals surface area (Å²) in [5.74, 6) is 0.907. The Kier molecular flexibility index (Phi) is 8.07. The van der Waals surface area contributed by atoms with Crippen molar-refractivity contribution in [3.63, 3.8) is 0 Å². The highest BCUT2D eigenvalue weighted by atomic mass is 16.3. The third-order valence-corrected chi connectivity index (χ3v) is 12.1. The van der Waals surface area contributed by atoms with Gasteiger partial charge >= 0.3 is 0 Å². The fraction of sp³-hybridized carbons (Fsp3) is 0. The predicted molar refractivity (Wildman–Crippen MR) is 259 cm³/mol. The monoisotopic (exact) mass is 779 g/mol. The second-order valence-corrected chi connectivity index (χ2v) is 15.5. The lowest BCUT2D eigenvalue weighted by Crippen LogP contribution is -2.55. The van der Waals surface area contributed by atoms with Crippen molar-refractivity contribution in [2.24, 2.45) is 0 Å². The van der Waals surface area contributed by atoms with Gasteiger partial charge in [-0.3, -0.25) is 4.57 Å². The van der Waals surface area contributed by atoms with Crippen LogP contribution < -0.4 is 27.3 Å². The van der Waals surface area contributed by atoms with Gasteiger partial charge in [-0.15, -0.1) is 16.4 Å². The van der Waals surface area contributed by atoms with Gasteiger partial charge < -0.3 is 8.98 Å². The van der Waals surface area contributed by atoms with E-state index >= 15 is 0 Å². The summed E-state index contributed by atoms with van der Waals surface area (Å²) in [6.45, 7) is 0. The molecule has 0 amide bonds. The quantitative estimate of drug-likeness (QED) is 0.178. The van der Waals surface area contributed by atoms with Gasteiger partial charge in [0.05, 0.1) is 22.1 Å². The molecule has 0 unspecified atom stereocenters. The summed E-state index contributed by atoms with van der Waals surface area (Å²) in [5, 5.41) is 6.39. The average Bonchev–Trinajstić information content (AvgIpc) is 3.97. The van der Waals surface area contributed by atoms with Crippen molar-refractivity contribution >= 4 is 132 Å². The second kappa shape index (κ2) is 13.8.